The van der Waals surface area contributed by atoms with E-state index in [2.05, 4.69) is 59.3 Å². The van der Waals surface area contributed by atoms with E-state index in [9.17, 15) is 4.79 Å². The quantitative estimate of drug-likeness (QED) is 0.922. The SMILES string of the molecule is C[C@@H]1CCCC[C@H]1NC(=O)[C@H](C)N1CCN(c2ccccc2)CC1. The van der Waals surface area contributed by atoms with E-state index in [4.69, 9.17) is 0 Å². The van der Waals surface area contributed by atoms with Crippen molar-refractivity contribution in [1.29, 1.82) is 0 Å². The van der Waals surface area contributed by atoms with Gasteiger partial charge in [0.1, 0.15) is 0 Å². The predicted molar refractivity (Wildman–Crippen MR) is 99.3 cm³/mol. The van der Waals surface area contributed by atoms with Crippen LogP contribution in [-0.2, 0) is 4.79 Å². The zero-order valence-corrected chi connectivity index (χ0v) is 15.1. The van der Waals surface area contributed by atoms with Gasteiger partial charge in [-0.3, -0.25) is 9.69 Å². The maximum Gasteiger partial charge on any atom is 0.237 e. The van der Waals surface area contributed by atoms with E-state index in [1.165, 1.54) is 24.9 Å². The molecule has 3 atom stereocenters. The summed E-state index contributed by atoms with van der Waals surface area (Å²) in [7, 11) is 0. The van der Waals surface area contributed by atoms with Crippen LogP contribution in [0.25, 0.3) is 0 Å². The van der Waals surface area contributed by atoms with Crippen LogP contribution in [0.1, 0.15) is 39.5 Å². The molecule has 1 heterocycles. The van der Waals surface area contributed by atoms with Gasteiger partial charge in [-0.15, -0.1) is 0 Å². The van der Waals surface area contributed by atoms with Gasteiger partial charge in [0.2, 0.25) is 5.91 Å². The average Bonchev–Trinajstić information content (AvgIpc) is 2.64. The zero-order chi connectivity index (χ0) is 16.9. The van der Waals surface area contributed by atoms with Gasteiger partial charge in [0.25, 0.3) is 0 Å². The third kappa shape index (κ3) is 4.10. The van der Waals surface area contributed by atoms with Gasteiger partial charge in [-0.05, 0) is 37.8 Å². The molecule has 0 bridgehead atoms. The van der Waals surface area contributed by atoms with Crippen LogP contribution in [0, 0.1) is 5.92 Å². The fourth-order valence-electron chi connectivity index (χ4n) is 4.01. The summed E-state index contributed by atoms with van der Waals surface area (Å²) in [4.78, 5) is 17.4. The summed E-state index contributed by atoms with van der Waals surface area (Å²) in [6, 6.07) is 10.9. The Bertz CT molecular complexity index is 525. The highest BCUT2D eigenvalue weighted by Crippen LogP contribution is 2.24. The summed E-state index contributed by atoms with van der Waals surface area (Å²) in [5.41, 5.74) is 1.28. The molecule has 1 aliphatic carbocycles. The van der Waals surface area contributed by atoms with E-state index in [0.29, 0.717) is 12.0 Å². The molecule has 2 fully saturated rings. The first-order chi connectivity index (χ1) is 11.6. The number of rotatable bonds is 4. The van der Waals surface area contributed by atoms with Gasteiger partial charge in [-0.2, -0.15) is 0 Å². The minimum absolute atomic E-state index is 0.0305. The molecule has 1 aromatic rings. The Balaban J connectivity index is 1.49. The first kappa shape index (κ1) is 17.3. The minimum Gasteiger partial charge on any atom is -0.369 e. The predicted octanol–water partition coefficient (Wildman–Crippen LogP) is 2.89. The molecule has 0 unspecified atom stereocenters. The van der Waals surface area contributed by atoms with Crippen LogP contribution in [0.2, 0.25) is 0 Å². The number of amides is 1. The Morgan fingerprint density at radius 2 is 1.75 bits per heavy atom. The number of piperazine rings is 1. The van der Waals surface area contributed by atoms with Crippen molar-refractivity contribution in [3.63, 3.8) is 0 Å². The smallest absolute Gasteiger partial charge is 0.237 e. The van der Waals surface area contributed by atoms with Crippen LogP contribution in [0.4, 0.5) is 5.69 Å². The molecule has 0 spiro atoms. The number of nitrogens with one attached hydrogen (secondary N) is 1. The van der Waals surface area contributed by atoms with E-state index in [1.807, 2.05) is 0 Å². The van der Waals surface area contributed by atoms with Crippen LogP contribution in [0.5, 0.6) is 0 Å². The van der Waals surface area contributed by atoms with E-state index in [-0.39, 0.29) is 11.9 Å². The van der Waals surface area contributed by atoms with Gasteiger partial charge < -0.3 is 10.2 Å². The lowest BCUT2D eigenvalue weighted by Gasteiger charge is -2.39. The van der Waals surface area contributed by atoms with E-state index in [0.717, 1.165) is 32.6 Å². The van der Waals surface area contributed by atoms with Crippen molar-refractivity contribution < 1.29 is 4.79 Å². The maximum atomic E-state index is 12.6. The molecular formula is C20H31N3O. The summed E-state index contributed by atoms with van der Waals surface area (Å²) >= 11 is 0. The molecule has 1 aromatic carbocycles. The van der Waals surface area contributed by atoms with Crippen LogP contribution in [0.3, 0.4) is 0 Å². The van der Waals surface area contributed by atoms with Crippen molar-refractivity contribution in [2.45, 2.75) is 51.6 Å². The number of nitrogens with zero attached hydrogens (tertiary/aromatic N) is 2. The van der Waals surface area contributed by atoms with Gasteiger partial charge in [0.15, 0.2) is 0 Å². The van der Waals surface area contributed by atoms with Crippen molar-refractivity contribution in [2.24, 2.45) is 5.92 Å². The Kier molecular flexibility index (Phi) is 5.77. The van der Waals surface area contributed by atoms with Crippen molar-refractivity contribution in [3.05, 3.63) is 30.3 Å². The highest BCUT2D eigenvalue weighted by atomic mass is 16.2. The number of carbonyl (C=O) groups is 1. The molecule has 0 radical (unpaired) electrons. The van der Waals surface area contributed by atoms with Gasteiger partial charge in [0.05, 0.1) is 6.04 Å². The molecule has 1 saturated carbocycles. The lowest BCUT2D eigenvalue weighted by Crippen LogP contribution is -2.55. The summed E-state index contributed by atoms with van der Waals surface area (Å²) in [5.74, 6) is 0.826. The van der Waals surface area contributed by atoms with Crippen molar-refractivity contribution in [3.8, 4) is 0 Å². The van der Waals surface area contributed by atoms with E-state index in [1.54, 1.807) is 0 Å². The molecule has 1 amide bonds. The number of para-hydroxylation sites is 1. The van der Waals surface area contributed by atoms with Crippen LogP contribution in [-0.4, -0.2) is 49.1 Å². The Morgan fingerprint density at radius 3 is 2.42 bits per heavy atom. The second-order valence-electron chi connectivity index (χ2n) is 7.41. The zero-order valence-electron chi connectivity index (χ0n) is 15.1. The minimum atomic E-state index is -0.0305. The highest BCUT2D eigenvalue weighted by Gasteiger charge is 2.29. The first-order valence-electron chi connectivity index (χ1n) is 9.49. The van der Waals surface area contributed by atoms with Crippen LogP contribution >= 0.6 is 0 Å². The molecule has 4 heteroatoms. The fraction of sp³-hybridized carbons (Fsp3) is 0.650. The largest absolute Gasteiger partial charge is 0.369 e. The number of benzene rings is 1. The molecule has 1 aliphatic heterocycles. The molecule has 3 rings (SSSR count). The third-order valence-corrected chi connectivity index (χ3v) is 5.80. The van der Waals surface area contributed by atoms with Crippen LogP contribution in [0.15, 0.2) is 30.3 Å². The molecular weight excluding hydrogens is 298 g/mol. The second kappa shape index (κ2) is 8.02. The average molecular weight is 329 g/mol. The third-order valence-electron chi connectivity index (χ3n) is 5.80. The number of hydrogen-bond donors (Lipinski definition) is 1. The normalized spacial score (nSPS) is 26.8. The van der Waals surface area contributed by atoms with Crippen molar-refractivity contribution in [1.82, 2.24) is 10.2 Å². The van der Waals surface area contributed by atoms with Crippen LogP contribution < -0.4 is 10.2 Å². The molecule has 24 heavy (non-hydrogen) atoms. The summed E-state index contributed by atoms with van der Waals surface area (Å²) in [6.45, 7) is 8.20. The molecule has 1 N–H and O–H groups in total. The monoisotopic (exact) mass is 329 g/mol. The molecule has 132 valence electrons. The van der Waals surface area contributed by atoms with Crippen molar-refractivity contribution >= 4 is 11.6 Å². The molecule has 0 aromatic heterocycles. The van der Waals surface area contributed by atoms with Gasteiger partial charge in [0, 0.05) is 37.9 Å². The topological polar surface area (TPSA) is 35.6 Å². The van der Waals surface area contributed by atoms with Gasteiger partial charge in [-0.1, -0.05) is 38.0 Å². The number of carbonyl (C=O) groups excluding carboxylic acids is 1. The molecule has 4 nitrogen and oxygen atoms in total. The lowest BCUT2D eigenvalue weighted by atomic mass is 9.86. The summed E-state index contributed by atoms with van der Waals surface area (Å²) < 4.78 is 0. The number of hydrogen-bond acceptors (Lipinski definition) is 3. The van der Waals surface area contributed by atoms with Gasteiger partial charge >= 0.3 is 0 Å². The Labute approximate surface area is 146 Å². The molecule has 2 aliphatic rings. The standard InChI is InChI=1S/C20H31N3O/c1-16-8-6-7-11-19(16)21-20(24)17(2)22-12-14-23(15-13-22)18-9-4-3-5-10-18/h3-5,9-10,16-17,19H,6-8,11-15H2,1-2H3,(H,21,24)/t16-,17+,19-/m1/s1. The maximum absolute atomic E-state index is 12.6. The summed E-state index contributed by atoms with van der Waals surface area (Å²) in [5, 5.41) is 3.31. The highest BCUT2D eigenvalue weighted by molar-refractivity contribution is 5.81. The summed E-state index contributed by atoms with van der Waals surface area (Å²) in [6.07, 6.45) is 4.94. The second-order valence-corrected chi connectivity index (χ2v) is 7.41. The van der Waals surface area contributed by atoms with E-state index < -0.39 is 0 Å². The van der Waals surface area contributed by atoms with Crippen molar-refractivity contribution in [2.75, 3.05) is 31.1 Å². The Hall–Kier alpha value is -1.55. The fourth-order valence-corrected chi connectivity index (χ4v) is 4.01. The lowest BCUT2D eigenvalue weighted by molar-refractivity contribution is -0.127. The van der Waals surface area contributed by atoms with Gasteiger partial charge in [-0.25, -0.2) is 0 Å². The Morgan fingerprint density at radius 1 is 1.08 bits per heavy atom. The first-order valence-corrected chi connectivity index (χ1v) is 9.49. The van der Waals surface area contributed by atoms with E-state index >= 15 is 0 Å². The number of anilines is 1. The molecule has 1 saturated heterocycles.